The Bertz CT molecular complexity index is 305. The zero-order valence-electron chi connectivity index (χ0n) is 7.50. The zero-order valence-corrected chi connectivity index (χ0v) is 7.50. The molecule has 0 amide bonds. The van der Waals surface area contributed by atoms with E-state index in [2.05, 4.69) is 9.72 Å². The molecule has 70 valence electrons. The molecule has 0 bridgehead atoms. The summed E-state index contributed by atoms with van der Waals surface area (Å²) in [5, 5.41) is 0. The van der Waals surface area contributed by atoms with Crippen molar-refractivity contribution in [3.63, 3.8) is 0 Å². The Hall–Kier alpha value is -1.45. The molecular weight excluding hydrogens is 173 g/mol. The van der Waals surface area contributed by atoms with E-state index in [0.29, 0.717) is 5.69 Å². The minimum Gasteiger partial charge on any atom is -0.461 e. The van der Waals surface area contributed by atoms with Crippen LogP contribution < -0.4 is 0 Å². The maximum Gasteiger partial charge on any atom is 0.357 e. The van der Waals surface area contributed by atoms with Crippen molar-refractivity contribution < 1.29 is 13.9 Å². The van der Waals surface area contributed by atoms with Gasteiger partial charge >= 0.3 is 5.97 Å². The summed E-state index contributed by atoms with van der Waals surface area (Å²) in [6.07, 6.45) is 0. The van der Waals surface area contributed by atoms with Gasteiger partial charge in [-0.1, -0.05) is 0 Å². The topological polar surface area (TPSA) is 39.2 Å². The monoisotopic (exact) mass is 183 g/mol. The Balaban J connectivity index is 2.94. The second-order valence-electron chi connectivity index (χ2n) is 2.53. The van der Waals surface area contributed by atoms with Gasteiger partial charge in [0.25, 0.3) is 0 Å². The molecule has 0 aliphatic heterocycles. The molecule has 13 heavy (non-hydrogen) atoms. The first-order chi connectivity index (χ1) is 6.13. The Kier molecular flexibility index (Phi) is 2.95. The molecule has 0 aliphatic rings. The van der Waals surface area contributed by atoms with Gasteiger partial charge in [0, 0.05) is 11.8 Å². The van der Waals surface area contributed by atoms with Crippen LogP contribution in [0.3, 0.4) is 0 Å². The molecule has 0 saturated carbocycles. The maximum atomic E-state index is 12.8. The molecule has 0 spiro atoms. The average molecular weight is 183 g/mol. The number of aryl methyl sites for hydroxylation is 1. The number of halogens is 1. The van der Waals surface area contributed by atoms with Gasteiger partial charge in [-0.3, -0.25) is 0 Å². The highest BCUT2D eigenvalue weighted by Crippen LogP contribution is 2.04. The number of pyridine rings is 1. The van der Waals surface area contributed by atoms with E-state index in [1.54, 1.807) is 13.8 Å². The summed E-state index contributed by atoms with van der Waals surface area (Å²) in [5.41, 5.74) is 0.474. The smallest absolute Gasteiger partial charge is 0.357 e. The van der Waals surface area contributed by atoms with E-state index in [1.165, 1.54) is 6.07 Å². The van der Waals surface area contributed by atoms with Crippen molar-refractivity contribution in [3.05, 3.63) is 29.3 Å². The van der Waals surface area contributed by atoms with Crippen molar-refractivity contribution in [1.29, 1.82) is 0 Å². The number of carbonyl (C=O) groups is 1. The van der Waals surface area contributed by atoms with Crippen LogP contribution in [0.4, 0.5) is 4.39 Å². The molecule has 0 unspecified atom stereocenters. The fourth-order valence-electron chi connectivity index (χ4n) is 0.936. The molecule has 1 aromatic rings. The first kappa shape index (κ1) is 9.64. The van der Waals surface area contributed by atoms with Crippen LogP contribution in [0.15, 0.2) is 12.1 Å². The van der Waals surface area contributed by atoms with Crippen LogP contribution in [0.2, 0.25) is 0 Å². The van der Waals surface area contributed by atoms with Gasteiger partial charge < -0.3 is 4.74 Å². The third-order valence-corrected chi connectivity index (χ3v) is 1.40. The molecule has 0 aliphatic carbocycles. The highest BCUT2D eigenvalue weighted by Gasteiger charge is 2.09. The van der Waals surface area contributed by atoms with Gasteiger partial charge in [0.2, 0.25) is 0 Å². The summed E-state index contributed by atoms with van der Waals surface area (Å²) >= 11 is 0. The molecule has 3 nitrogen and oxygen atoms in total. The van der Waals surface area contributed by atoms with E-state index >= 15 is 0 Å². The summed E-state index contributed by atoms with van der Waals surface area (Å²) in [6, 6.07) is 2.31. The first-order valence-corrected chi connectivity index (χ1v) is 3.94. The SMILES string of the molecule is CCOC(=O)c1cc(F)cc(C)n1. The fourth-order valence-corrected chi connectivity index (χ4v) is 0.936. The van der Waals surface area contributed by atoms with Crippen molar-refractivity contribution in [3.8, 4) is 0 Å². The number of ether oxygens (including phenoxy) is 1. The molecule has 0 N–H and O–H groups in total. The van der Waals surface area contributed by atoms with Crippen LogP contribution >= 0.6 is 0 Å². The predicted molar refractivity (Wildman–Crippen MR) is 44.9 cm³/mol. The maximum absolute atomic E-state index is 12.8. The lowest BCUT2D eigenvalue weighted by Gasteiger charge is -2.01. The lowest BCUT2D eigenvalue weighted by molar-refractivity contribution is 0.0518. The largest absolute Gasteiger partial charge is 0.461 e. The number of rotatable bonds is 2. The lowest BCUT2D eigenvalue weighted by atomic mass is 10.3. The van der Waals surface area contributed by atoms with Crippen LogP contribution in [-0.4, -0.2) is 17.6 Å². The van der Waals surface area contributed by atoms with Crippen LogP contribution in [0, 0.1) is 12.7 Å². The van der Waals surface area contributed by atoms with Gasteiger partial charge in [0.15, 0.2) is 5.69 Å². The Morgan fingerprint density at radius 1 is 1.62 bits per heavy atom. The molecular formula is C9H10FNO2. The zero-order chi connectivity index (χ0) is 9.84. The Labute approximate surface area is 75.6 Å². The summed E-state index contributed by atoms with van der Waals surface area (Å²) in [5.74, 6) is -1.07. The number of aromatic nitrogens is 1. The summed E-state index contributed by atoms with van der Waals surface area (Å²) in [4.78, 5) is 14.9. The minimum atomic E-state index is -0.592. The standard InChI is InChI=1S/C9H10FNO2/c1-3-13-9(12)8-5-7(10)4-6(2)11-8/h4-5H,3H2,1-2H3. The second kappa shape index (κ2) is 3.98. The quantitative estimate of drug-likeness (QED) is 0.655. The van der Waals surface area contributed by atoms with Crippen molar-refractivity contribution in [2.45, 2.75) is 13.8 Å². The fraction of sp³-hybridized carbons (Fsp3) is 0.333. The van der Waals surface area contributed by atoms with Crippen LogP contribution in [0.5, 0.6) is 0 Å². The Morgan fingerprint density at radius 3 is 2.85 bits per heavy atom. The number of nitrogens with zero attached hydrogens (tertiary/aromatic N) is 1. The van der Waals surface area contributed by atoms with E-state index in [1.807, 2.05) is 0 Å². The van der Waals surface area contributed by atoms with Crippen molar-refractivity contribution >= 4 is 5.97 Å². The van der Waals surface area contributed by atoms with Crippen LogP contribution in [0.25, 0.3) is 0 Å². The van der Waals surface area contributed by atoms with Gasteiger partial charge in [-0.15, -0.1) is 0 Å². The normalized spacial score (nSPS) is 9.77. The third kappa shape index (κ3) is 2.50. The number of hydrogen-bond acceptors (Lipinski definition) is 3. The van der Waals surface area contributed by atoms with Gasteiger partial charge in [-0.05, 0) is 19.9 Å². The first-order valence-electron chi connectivity index (χ1n) is 3.94. The lowest BCUT2D eigenvalue weighted by Crippen LogP contribution is -2.08. The molecule has 0 atom stereocenters. The van der Waals surface area contributed by atoms with E-state index in [0.717, 1.165) is 6.07 Å². The molecule has 0 aromatic carbocycles. The molecule has 1 heterocycles. The highest BCUT2D eigenvalue weighted by atomic mass is 19.1. The van der Waals surface area contributed by atoms with Crippen molar-refractivity contribution in [2.75, 3.05) is 6.61 Å². The third-order valence-electron chi connectivity index (χ3n) is 1.40. The number of hydrogen-bond donors (Lipinski definition) is 0. The summed E-state index contributed by atoms with van der Waals surface area (Å²) < 4.78 is 17.5. The van der Waals surface area contributed by atoms with Gasteiger partial charge in [0.05, 0.1) is 6.61 Å². The van der Waals surface area contributed by atoms with Crippen molar-refractivity contribution in [1.82, 2.24) is 4.98 Å². The molecule has 0 radical (unpaired) electrons. The van der Waals surface area contributed by atoms with Crippen LogP contribution in [0.1, 0.15) is 23.1 Å². The Morgan fingerprint density at radius 2 is 2.31 bits per heavy atom. The van der Waals surface area contributed by atoms with Gasteiger partial charge in [-0.25, -0.2) is 14.2 Å². The molecule has 1 rings (SSSR count). The van der Waals surface area contributed by atoms with E-state index in [4.69, 9.17) is 0 Å². The summed E-state index contributed by atoms with van der Waals surface area (Å²) in [6.45, 7) is 3.56. The van der Waals surface area contributed by atoms with E-state index in [-0.39, 0.29) is 12.3 Å². The molecule has 0 fully saturated rings. The molecule has 0 saturated heterocycles. The van der Waals surface area contributed by atoms with Gasteiger partial charge in [-0.2, -0.15) is 0 Å². The predicted octanol–water partition coefficient (Wildman–Crippen LogP) is 1.71. The number of esters is 1. The van der Waals surface area contributed by atoms with Gasteiger partial charge in [0.1, 0.15) is 5.82 Å². The van der Waals surface area contributed by atoms with Crippen LogP contribution in [-0.2, 0) is 4.74 Å². The molecule has 4 heteroatoms. The minimum absolute atomic E-state index is 0.0133. The number of carbonyl (C=O) groups excluding carboxylic acids is 1. The van der Waals surface area contributed by atoms with E-state index in [9.17, 15) is 9.18 Å². The summed E-state index contributed by atoms with van der Waals surface area (Å²) in [7, 11) is 0. The highest BCUT2D eigenvalue weighted by molar-refractivity contribution is 5.87. The molecule has 1 aromatic heterocycles. The van der Waals surface area contributed by atoms with E-state index < -0.39 is 11.8 Å². The second-order valence-corrected chi connectivity index (χ2v) is 2.53. The average Bonchev–Trinajstić information content (AvgIpc) is 2.03. The van der Waals surface area contributed by atoms with Crippen molar-refractivity contribution in [2.24, 2.45) is 0 Å².